The molecule has 0 amide bonds. The molecule has 0 fully saturated rings. The van der Waals surface area contributed by atoms with E-state index in [0.29, 0.717) is 0 Å². The average molecular weight is 294 g/mol. The number of halogens is 1. The second-order valence-electron chi connectivity index (χ2n) is 4.28. The van der Waals surface area contributed by atoms with Crippen LogP contribution in [0.15, 0.2) is 29.0 Å². The number of aryl methyl sites for hydroxylation is 1. The molecule has 17 heavy (non-hydrogen) atoms. The minimum Gasteiger partial charge on any atom is -0.324 e. The van der Waals surface area contributed by atoms with E-state index in [2.05, 4.69) is 44.5 Å². The third kappa shape index (κ3) is 2.28. The van der Waals surface area contributed by atoms with Gasteiger partial charge in [-0.05, 0) is 44.5 Å². The first-order chi connectivity index (χ1) is 8.00. The third-order valence-corrected chi connectivity index (χ3v) is 3.48. The molecule has 0 bridgehead atoms. The zero-order valence-electron chi connectivity index (χ0n) is 10.2. The first-order valence-corrected chi connectivity index (χ1v) is 6.36. The topological polar surface area (TPSA) is 43.8 Å². The number of nitrogens with zero attached hydrogens (tertiary/aromatic N) is 2. The molecule has 0 spiro atoms. The van der Waals surface area contributed by atoms with Gasteiger partial charge in [0, 0.05) is 16.2 Å². The van der Waals surface area contributed by atoms with Crippen LogP contribution in [-0.2, 0) is 0 Å². The normalized spacial score (nSPS) is 12.8. The Hall–Kier alpha value is -1.13. The highest BCUT2D eigenvalue weighted by Gasteiger charge is 2.12. The van der Waals surface area contributed by atoms with Crippen LogP contribution in [0.25, 0.3) is 5.69 Å². The largest absolute Gasteiger partial charge is 0.324 e. The Bertz CT molecular complexity index is 544. The molecular weight excluding hydrogens is 278 g/mol. The van der Waals surface area contributed by atoms with Crippen molar-refractivity contribution < 1.29 is 0 Å². The van der Waals surface area contributed by atoms with E-state index in [-0.39, 0.29) is 6.04 Å². The van der Waals surface area contributed by atoms with Crippen molar-refractivity contribution in [1.29, 1.82) is 0 Å². The van der Waals surface area contributed by atoms with E-state index in [0.717, 1.165) is 27.1 Å². The van der Waals surface area contributed by atoms with E-state index in [9.17, 15) is 0 Å². The van der Waals surface area contributed by atoms with Gasteiger partial charge in [0.25, 0.3) is 0 Å². The average Bonchev–Trinajstić information content (AvgIpc) is 2.60. The Morgan fingerprint density at radius 2 is 2.06 bits per heavy atom. The standard InChI is InChI=1S/C13H16BrN3/c1-8(15)12-6-11(14)4-5-13(12)17-7-16-9(2)10(17)3/h4-8H,15H2,1-3H3. The number of imidazole rings is 1. The van der Waals surface area contributed by atoms with Crippen molar-refractivity contribution in [2.75, 3.05) is 0 Å². The van der Waals surface area contributed by atoms with Crippen molar-refractivity contribution in [2.24, 2.45) is 5.73 Å². The summed E-state index contributed by atoms with van der Waals surface area (Å²) in [6.07, 6.45) is 1.85. The van der Waals surface area contributed by atoms with Gasteiger partial charge in [-0.1, -0.05) is 15.9 Å². The van der Waals surface area contributed by atoms with Gasteiger partial charge in [-0.3, -0.25) is 0 Å². The summed E-state index contributed by atoms with van der Waals surface area (Å²) in [5, 5.41) is 0. The summed E-state index contributed by atoms with van der Waals surface area (Å²) in [6.45, 7) is 6.07. The van der Waals surface area contributed by atoms with Gasteiger partial charge in [0.15, 0.2) is 0 Å². The van der Waals surface area contributed by atoms with Crippen molar-refractivity contribution in [3.8, 4) is 5.69 Å². The number of nitrogens with two attached hydrogens (primary N) is 1. The lowest BCUT2D eigenvalue weighted by molar-refractivity contribution is 0.799. The van der Waals surface area contributed by atoms with Crippen LogP contribution in [0, 0.1) is 13.8 Å². The number of rotatable bonds is 2. The second kappa shape index (κ2) is 4.63. The minimum atomic E-state index is -0.00962. The maximum absolute atomic E-state index is 6.02. The smallest absolute Gasteiger partial charge is 0.0997 e. The molecule has 0 aliphatic rings. The molecule has 1 atom stereocenters. The lowest BCUT2D eigenvalue weighted by atomic mass is 10.1. The highest BCUT2D eigenvalue weighted by molar-refractivity contribution is 9.10. The molecule has 0 saturated carbocycles. The number of benzene rings is 1. The quantitative estimate of drug-likeness (QED) is 0.923. The fraction of sp³-hybridized carbons (Fsp3) is 0.308. The van der Waals surface area contributed by atoms with Crippen molar-refractivity contribution >= 4 is 15.9 Å². The molecule has 2 N–H and O–H groups in total. The molecular formula is C13H16BrN3. The zero-order chi connectivity index (χ0) is 12.6. The predicted octanol–water partition coefficient (Wildman–Crippen LogP) is 3.27. The van der Waals surface area contributed by atoms with Crippen molar-refractivity contribution in [3.63, 3.8) is 0 Å². The number of hydrogen-bond donors (Lipinski definition) is 1. The first-order valence-electron chi connectivity index (χ1n) is 5.56. The van der Waals surface area contributed by atoms with E-state index in [1.807, 2.05) is 26.2 Å². The SMILES string of the molecule is Cc1ncn(-c2ccc(Br)cc2C(C)N)c1C. The summed E-state index contributed by atoms with van der Waals surface area (Å²) in [5.74, 6) is 0. The monoisotopic (exact) mass is 293 g/mol. The Labute approximate surface area is 110 Å². The van der Waals surface area contributed by atoms with E-state index in [1.165, 1.54) is 0 Å². The fourth-order valence-electron chi connectivity index (χ4n) is 1.85. The van der Waals surface area contributed by atoms with Crippen LogP contribution in [0.1, 0.15) is 29.9 Å². The van der Waals surface area contributed by atoms with Gasteiger partial charge >= 0.3 is 0 Å². The summed E-state index contributed by atoms with van der Waals surface area (Å²) in [5.41, 5.74) is 10.4. The highest BCUT2D eigenvalue weighted by atomic mass is 79.9. The van der Waals surface area contributed by atoms with Crippen molar-refractivity contribution in [2.45, 2.75) is 26.8 Å². The molecule has 2 aromatic rings. The molecule has 0 aliphatic carbocycles. The molecule has 0 radical (unpaired) electrons. The van der Waals surface area contributed by atoms with Gasteiger partial charge in [0.1, 0.15) is 0 Å². The number of aromatic nitrogens is 2. The zero-order valence-corrected chi connectivity index (χ0v) is 11.8. The second-order valence-corrected chi connectivity index (χ2v) is 5.19. The molecule has 1 heterocycles. The fourth-order valence-corrected chi connectivity index (χ4v) is 2.23. The van der Waals surface area contributed by atoms with Gasteiger partial charge in [0.2, 0.25) is 0 Å². The lowest BCUT2D eigenvalue weighted by Gasteiger charge is -2.15. The predicted molar refractivity (Wildman–Crippen MR) is 73.3 cm³/mol. The van der Waals surface area contributed by atoms with Crippen LogP contribution in [-0.4, -0.2) is 9.55 Å². The van der Waals surface area contributed by atoms with Crippen LogP contribution in [0.5, 0.6) is 0 Å². The summed E-state index contributed by atoms with van der Waals surface area (Å²) in [6, 6.07) is 6.14. The van der Waals surface area contributed by atoms with Crippen LogP contribution in [0.3, 0.4) is 0 Å². The van der Waals surface area contributed by atoms with E-state index in [1.54, 1.807) is 0 Å². The molecule has 1 aromatic heterocycles. The minimum absolute atomic E-state index is 0.00962. The Morgan fingerprint density at radius 1 is 1.35 bits per heavy atom. The summed E-state index contributed by atoms with van der Waals surface area (Å²) in [4.78, 5) is 4.33. The number of hydrogen-bond acceptors (Lipinski definition) is 2. The molecule has 2 rings (SSSR count). The van der Waals surface area contributed by atoms with Crippen LogP contribution >= 0.6 is 15.9 Å². The Balaban J connectivity index is 2.63. The summed E-state index contributed by atoms with van der Waals surface area (Å²) in [7, 11) is 0. The van der Waals surface area contributed by atoms with Gasteiger partial charge in [0.05, 0.1) is 17.7 Å². The Kier molecular flexibility index (Phi) is 3.35. The molecule has 90 valence electrons. The van der Waals surface area contributed by atoms with Crippen LogP contribution in [0.4, 0.5) is 0 Å². The molecule has 1 aromatic carbocycles. The van der Waals surface area contributed by atoms with Crippen LogP contribution in [0.2, 0.25) is 0 Å². The first kappa shape index (κ1) is 12.3. The van der Waals surface area contributed by atoms with Crippen molar-refractivity contribution in [1.82, 2.24) is 9.55 Å². The molecule has 1 unspecified atom stereocenters. The molecule has 0 saturated heterocycles. The molecule has 4 heteroatoms. The molecule has 3 nitrogen and oxygen atoms in total. The van der Waals surface area contributed by atoms with E-state index < -0.39 is 0 Å². The maximum Gasteiger partial charge on any atom is 0.0997 e. The maximum atomic E-state index is 6.02. The highest BCUT2D eigenvalue weighted by Crippen LogP contribution is 2.25. The Morgan fingerprint density at radius 3 is 2.59 bits per heavy atom. The summed E-state index contributed by atoms with van der Waals surface area (Å²) < 4.78 is 3.13. The van der Waals surface area contributed by atoms with Gasteiger partial charge in [-0.25, -0.2) is 4.98 Å². The molecule has 0 aliphatic heterocycles. The van der Waals surface area contributed by atoms with E-state index >= 15 is 0 Å². The third-order valence-electron chi connectivity index (χ3n) is 2.99. The van der Waals surface area contributed by atoms with Crippen LogP contribution < -0.4 is 5.73 Å². The lowest BCUT2D eigenvalue weighted by Crippen LogP contribution is -2.10. The van der Waals surface area contributed by atoms with E-state index in [4.69, 9.17) is 5.73 Å². The van der Waals surface area contributed by atoms with Gasteiger partial charge in [-0.2, -0.15) is 0 Å². The van der Waals surface area contributed by atoms with Gasteiger partial charge in [-0.15, -0.1) is 0 Å². The summed E-state index contributed by atoms with van der Waals surface area (Å²) >= 11 is 3.48. The van der Waals surface area contributed by atoms with Gasteiger partial charge < -0.3 is 10.3 Å². The van der Waals surface area contributed by atoms with Crippen molar-refractivity contribution in [3.05, 3.63) is 46.0 Å².